The third-order valence-corrected chi connectivity index (χ3v) is 3.55. The molecule has 0 saturated carbocycles. The van der Waals surface area contributed by atoms with Crippen LogP contribution in [0.15, 0.2) is 24.3 Å². The van der Waals surface area contributed by atoms with Gasteiger partial charge in [0, 0.05) is 15.5 Å². The summed E-state index contributed by atoms with van der Waals surface area (Å²) in [6.07, 6.45) is -0.0218. The third kappa shape index (κ3) is 2.65. The molecule has 0 fully saturated rings. The van der Waals surface area contributed by atoms with Crippen molar-refractivity contribution in [3.63, 3.8) is 0 Å². The van der Waals surface area contributed by atoms with Crippen LogP contribution in [-0.2, 0) is 11.2 Å². The van der Waals surface area contributed by atoms with Crippen LogP contribution in [0.1, 0.15) is 9.88 Å². The maximum atomic E-state index is 10.8. The molecule has 2 aromatic rings. The van der Waals surface area contributed by atoms with Gasteiger partial charge in [-0.1, -0.05) is 29.8 Å². The second kappa shape index (κ2) is 4.85. The van der Waals surface area contributed by atoms with E-state index in [9.17, 15) is 4.79 Å². The highest BCUT2D eigenvalue weighted by Crippen LogP contribution is 2.33. The van der Waals surface area contributed by atoms with E-state index < -0.39 is 5.97 Å². The number of carboxylic acid groups (broad SMARTS) is 1. The predicted octanol–water partition coefficient (Wildman–Crippen LogP) is 3.40. The van der Waals surface area contributed by atoms with Gasteiger partial charge in [0.1, 0.15) is 0 Å². The molecule has 3 nitrogen and oxygen atoms in total. The second-order valence-corrected chi connectivity index (χ2v) is 5.25. The van der Waals surface area contributed by atoms with Crippen LogP contribution in [0.5, 0.6) is 0 Å². The molecule has 1 heterocycles. The molecular weight excluding hydrogens is 258 g/mol. The summed E-state index contributed by atoms with van der Waals surface area (Å²) in [5, 5.41) is 10.3. The average molecular weight is 268 g/mol. The third-order valence-electron chi connectivity index (χ3n) is 2.25. The molecule has 0 unspecified atom stereocenters. The molecule has 0 atom stereocenters. The molecule has 0 aliphatic rings. The maximum Gasteiger partial charge on any atom is 0.308 e. The van der Waals surface area contributed by atoms with Crippen LogP contribution in [-0.4, -0.2) is 16.1 Å². The Morgan fingerprint density at radius 1 is 1.47 bits per heavy atom. The van der Waals surface area contributed by atoms with Gasteiger partial charge in [0.25, 0.3) is 0 Å². The summed E-state index contributed by atoms with van der Waals surface area (Å²) >= 11 is 7.49. The van der Waals surface area contributed by atoms with Crippen LogP contribution in [0.25, 0.3) is 11.3 Å². The van der Waals surface area contributed by atoms with Gasteiger partial charge in [0.2, 0.25) is 0 Å². The highest BCUT2D eigenvalue weighted by Gasteiger charge is 2.15. The van der Waals surface area contributed by atoms with Gasteiger partial charge < -0.3 is 5.11 Å². The van der Waals surface area contributed by atoms with E-state index in [0.29, 0.717) is 10.7 Å². The van der Waals surface area contributed by atoms with Crippen molar-refractivity contribution in [1.82, 2.24) is 4.98 Å². The van der Waals surface area contributed by atoms with Crippen molar-refractivity contribution >= 4 is 28.9 Å². The molecule has 0 aliphatic heterocycles. The summed E-state index contributed by atoms with van der Waals surface area (Å²) in [4.78, 5) is 15.9. The van der Waals surface area contributed by atoms with Crippen LogP contribution >= 0.6 is 22.9 Å². The van der Waals surface area contributed by atoms with Crippen molar-refractivity contribution in [3.05, 3.63) is 39.2 Å². The Hall–Kier alpha value is -1.39. The number of thiazole rings is 1. The zero-order valence-corrected chi connectivity index (χ0v) is 10.7. The normalized spacial score (nSPS) is 10.5. The topological polar surface area (TPSA) is 50.2 Å². The minimum Gasteiger partial charge on any atom is -0.481 e. The summed E-state index contributed by atoms with van der Waals surface area (Å²) in [6.45, 7) is 1.86. The molecule has 0 spiro atoms. The molecule has 88 valence electrons. The van der Waals surface area contributed by atoms with Crippen molar-refractivity contribution in [2.24, 2.45) is 0 Å². The zero-order chi connectivity index (χ0) is 12.4. The van der Waals surface area contributed by atoms with E-state index >= 15 is 0 Å². The predicted molar refractivity (Wildman–Crippen MR) is 68.6 cm³/mol. The Kier molecular flexibility index (Phi) is 3.45. The average Bonchev–Trinajstić information content (AvgIpc) is 2.59. The number of hydrogen-bond acceptors (Lipinski definition) is 3. The summed E-state index contributed by atoms with van der Waals surface area (Å²) in [7, 11) is 0. The lowest BCUT2D eigenvalue weighted by molar-refractivity contribution is -0.136. The first-order valence-electron chi connectivity index (χ1n) is 5.01. The summed E-state index contributed by atoms with van der Waals surface area (Å²) < 4.78 is 0. The van der Waals surface area contributed by atoms with Gasteiger partial charge in [-0.05, 0) is 13.0 Å². The monoisotopic (exact) mass is 267 g/mol. The lowest BCUT2D eigenvalue weighted by Crippen LogP contribution is -1.99. The Morgan fingerprint density at radius 2 is 2.18 bits per heavy atom. The Labute approximate surface area is 108 Å². The fraction of sp³-hybridized carbons (Fsp3) is 0.167. The number of rotatable bonds is 3. The number of benzene rings is 1. The fourth-order valence-corrected chi connectivity index (χ4v) is 2.76. The first kappa shape index (κ1) is 12.1. The minimum absolute atomic E-state index is 0.0218. The van der Waals surface area contributed by atoms with E-state index in [0.717, 1.165) is 15.4 Å². The SMILES string of the molecule is Cc1nc(-c2ccccc2Cl)c(CC(=O)O)s1. The molecule has 0 amide bonds. The largest absolute Gasteiger partial charge is 0.481 e. The number of aromatic nitrogens is 1. The van der Waals surface area contributed by atoms with Crippen LogP contribution in [0.4, 0.5) is 0 Å². The first-order valence-corrected chi connectivity index (χ1v) is 6.20. The van der Waals surface area contributed by atoms with Crippen molar-refractivity contribution in [1.29, 1.82) is 0 Å². The van der Waals surface area contributed by atoms with Gasteiger partial charge in [-0.3, -0.25) is 4.79 Å². The van der Waals surface area contributed by atoms with Gasteiger partial charge in [0.05, 0.1) is 17.1 Å². The van der Waals surface area contributed by atoms with Crippen LogP contribution in [0.3, 0.4) is 0 Å². The Bertz CT molecular complexity index is 565. The molecule has 1 aromatic carbocycles. The molecule has 0 bridgehead atoms. The molecule has 1 N–H and O–H groups in total. The lowest BCUT2D eigenvalue weighted by Gasteiger charge is -2.02. The maximum absolute atomic E-state index is 10.8. The van der Waals surface area contributed by atoms with Gasteiger partial charge >= 0.3 is 5.97 Å². The summed E-state index contributed by atoms with van der Waals surface area (Å²) in [6, 6.07) is 7.32. The number of nitrogens with zero attached hydrogens (tertiary/aromatic N) is 1. The molecule has 0 aliphatic carbocycles. The van der Waals surface area contributed by atoms with Gasteiger partial charge in [-0.15, -0.1) is 11.3 Å². The van der Waals surface area contributed by atoms with Crippen molar-refractivity contribution < 1.29 is 9.90 Å². The van der Waals surface area contributed by atoms with Gasteiger partial charge in [-0.2, -0.15) is 0 Å². The number of carbonyl (C=O) groups is 1. The van der Waals surface area contributed by atoms with Crippen LogP contribution in [0, 0.1) is 6.92 Å². The quantitative estimate of drug-likeness (QED) is 0.927. The van der Waals surface area contributed by atoms with Crippen molar-refractivity contribution in [2.75, 3.05) is 0 Å². The molecule has 17 heavy (non-hydrogen) atoms. The standard InChI is InChI=1S/C12H10ClNO2S/c1-7-14-12(10(17-7)6-11(15)16)8-4-2-3-5-9(8)13/h2-5H,6H2,1H3,(H,15,16). The lowest BCUT2D eigenvalue weighted by atomic mass is 10.1. The van der Waals surface area contributed by atoms with E-state index in [-0.39, 0.29) is 6.42 Å². The molecule has 0 radical (unpaired) electrons. The van der Waals surface area contributed by atoms with Crippen LogP contribution < -0.4 is 0 Å². The smallest absolute Gasteiger partial charge is 0.308 e. The van der Waals surface area contributed by atoms with E-state index in [1.807, 2.05) is 25.1 Å². The molecule has 5 heteroatoms. The number of aliphatic carboxylic acids is 1. The zero-order valence-electron chi connectivity index (χ0n) is 9.11. The first-order chi connectivity index (χ1) is 8.08. The summed E-state index contributed by atoms with van der Waals surface area (Å²) in [5.41, 5.74) is 1.47. The van der Waals surface area contributed by atoms with Gasteiger partial charge in [-0.25, -0.2) is 4.98 Å². The number of carboxylic acids is 1. The van der Waals surface area contributed by atoms with Crippen molar-refractivity contribution in [2.45, 2.75) is 13.3 Å². The number of aryl methyl sites for hydroxylation is 1. The molecule has 2 rings (SSSR count). The molecule has 1 aromatic heterocycles. The molecule has 0 saturated heterocycles. The van der Waals surface area contributed by atoms with Crippen LogP contribution in [0.2, 0.25) is 5.02 Å². The van der Waals surface area contributed by atoms with E-state index in [4.69, 9.17) is 16.7 Å². The molecular formula is C12H10ClNO2S. The second-order valence-electron chi connectivity index (χ2n) is 3.56. The van der Waals surface area contributed by atoms with E-state index in [1.165, 1.54) is 11.3 Å². The van der Waals surface area contributed by atoms with E-state index in [1.54, 1.807) is 6.07 Å². The highest BCUT2D eigenvalue weighted by atomic mass is 35.5. The number of halogens is 1. The minimum atomic E-state index is -0.859. The van der Waals surface area contributed by atoms with Gasteiger partial charge in [0.15, 0.2) is 0 Å². The van der Waals surface area contributed by atoms with E-state index in [2.05, 4.69) is 4.98 Å². The highest BCUT2D eigenvalue weighted by molar-refractivity contribution is 7.12. The fourth-order valence-electron chi connectivity index (χ4n) is 1.59. The van der Waals surface area contributed by atoms with Crippen molar-refractivity contribution in [3.8, 4) is 11.3 Å². The Morgan fingerprint density at radius 3 is 2.82 bits per heavy atom. The summed E-state index contributed by atoms with van der Waals surface area (Å²) in [5.74, 6) is -0.859. The number of hydrogen-bond donors (Lipinski definition) is 1. The Balaban J connectivity index is 2.51.